The first-order valence-corrected chi connectivity index (χ1v) is 9.52. The SMILES string of the molecule is COc1cc(CNCCc2ccc(F)cc2)cc(Cl)c1OCc1ccccc1.Cl. The number of rotatable bonds is 9. The molecule has 3 aromatic carbocycles. The van der Waals surface area contributed by atoms with Crippen molar-refractivity contribution in [3.05, 3.63) is 94.3 Å². The normalized spacial score (nSPS) is 10.3. The van der Waals surface area contributed by atoms with E-state index >= 15 is 0 Å². The summed E-state index contributed by atoms with van der Waals surface area (Å²) in [5.74, 6) is 0.940. The zero-order valence-electron chi connectivity index (χ0n) is 16.2. The molecular weight excluding hydrogens is 412 g/mol. The van der Waals surface area contributed by atoms with Crippen LogP contribution in [0.5, 0.6) is 11.5 Å². The first-order chi connectivity index (χ1) is 13.7. The Hall–Kier alpha value is -2.27. The van der Waals surface area contributed by atoms with Gasteiger partial charge in [-0.1, -0.05) is 54.1 Å². The highest BCUT2D eigenvalue weighted by Gasteiger charge is 2.12. The van der Waals surface area contributed by atoms with Crippen LogP contribution in [0.1, 0.15) is 16.7 Å². The third-order valence-electron chi connectivity index (χ3n) is 4.35. The predicted molar refractivity (Wildman–Crippen MR) is 118 cm³/mol. The highest BCUT2D eigenvalue weighted by Crippen LogP contribution is 2.37. The summed E-state index contributed by atoms with van der Waals surface area (Å²) in [4.78, 5) is 0. The summed E-state index contributed by atoms with van der Waals surface area (Å²) < 4.78 is 24.3. The summed E-state index contributed by atoms with van der Waals surface area (Å²) in [6.07, 6.45) is 0.823. The van der Waals surface area contributed by atoms with Crippen LogP contribution in [0.15, 0.2) is 66.7 Å². The summed E-state index contributed by atoms with van der Waals surface area (Å²) in [5.41, 5.74) is 3.16. The van der Waals surface area contributed by atoms with Gasteiger partial charge in [0.15, 0.2) is 11.5 Å². The Morgan fingerprint density at radius 1 is 0.931 bits per heavy atom. The number of ether oxygens (including phenoxy) is 2. The van der Waals surface area contributed by atoms with E-state index in [9.17, 15) is 4.39 Å². The van der Waals surface area contributed by atoms with Crippen molar-refractivity contribution < 1.29 is 13.9 Å². The first kappa shape index (κ1) is 23.0. The average Bonchev–Trinajstić information content (AvgIpc) is 2.72. The van der Waals surface area contributed by atoms with Gasteiger partial charge in [-0.2, -0.15) is 0 Å². The topological polar surface area (TPSA) is 30.5 Å². The van der Waals surface area contributed by atoms with Crippen molar-refractivity contribution in [2.24, 2.45) is 0 Å². The number of hydrogen-bond acceptors (Lipinski definition) is 3. The summed E-state index contributed by atoms with van der Waals surface area (Å²) in [6.45, 7) is 1.85. The Morgan fingerprint density at radius 3 is 2.34 bits per heavy atom. The lowest BCUT2D eigenvalue weighted by molar-refractivity contribution is 0.284. The quantitative estimate of drug-likeness (QED) is 0.429. The molecule has 0 heterocycles. The van der Waals surface area contributed by atoms with Gasteiger partial charge in [0.25, 0.3) is 0 Å². The van der Waals surface area contributed by atoms with Crippen LogP contribution in [0, 0.1) is 5.82 Å². The molecule has 0 aliphatic heterocycles. The fourth-order valence-electron chi connectivity index (χ4n) is 2.86. The minimum Gasteiger partial charge on any atom is -0.493 e. The van der Waals surface area contributed by atoms with Gasteiger partial charge in [0.2, 0.25) is 0 Å². The molecule has 0 bridgehead atoms. The minimum absolute atomic E-state index is 0. The first-order valence-electron chi connectivity index (χ1n) is 9.14. The van der Waals surface area contributed by atoms with Crippen LogP contribution in [0.4, 0.5) is 4.39 Å². The molecule has 0 aromatic heterocycles. The van der Waals surface area contributed by atoms with Gasteiger partial charge in [0.1, 0.15) is 12.4 Å². The lowest BCUT2D eigenvalue weighted by atomic mass is 10.1. The van der Waals surface area contributed by atoms with Crippen molar-refractivity contribution in [3.8, 4) is 11.5 Å². The van der Waals surface area contributed by atoms with Crippen LogP contribution in [0.3, 0.4) is 0 Å². The monoisotopic (exact) mass is 435 g/mol. The maximum absolute atomic E-state index is 12.9. The van der Waals surface area contributed by atoms with Crippen molar-refractivity contribution in [1.29, 1.82) is 0 Å². The van der Waals surface area contributed by atoms with E-state index in [1.807, 2.05) is 42.5 Å². The van der Waals surface area contributed by atoms with Crippen molar-refractivity contribution in [2.45, 2.75) is 19.6 Å². The van der Waals surface area contributed by atoms with E-state index < -0.39 is 0 Å². The molecule has 0 unspecified atom stereocenters. The molecule has 3 nitrogen and oxygen atoms in total. The highest BCUT2D eigenvalue weighted by molar-refractivity contribution is 6.32. The van der Waals surface area contributed by atoms with Crippen molar-refractivity contribution >= 4 is 24.0 Å². The third kappa shape index (κ3) is 6.93. The molecule has 0 amide bonds. The van der Waals surface area contributed by atoms with Gasteiger partial charge < -0.3 is 14.8 Å². The second kappa shape index (κ2) is 11.7. The van der Waals surface area contributed by atoms with Crippen LogP contribution >= 0.6 is 24.0 Å². The van der Waals surface area contributed by atoms with E-state index in [1.165, 1.54) is 12.1 Å². The molecule has 0 saturated heterocycles. The van der Waals surface area contributed by atoms with Gasteiger partial charge in [-0.05, 0) is 53.9 Å². The molecule has 0 aliphatic rings. The maximum atomic E-state index is 12.9. The molecule has 0 atom stereocenters. The summed E-state index contributed by atoms with van der Waals surface area (Å²) in [6, 6.07) is 20.3. The predicted octanol–water partition coefficient (Wildman–Crippen LogP) is 5.82. The molecular formula is C23H24Cl2FNO2. The molecule has 0 saturated carbocycles. The van der Waals surface area contributed by atoms with Gasteiger partial charge in [-0.25, -0.2) is 4.39 Å². The third-order valence-corrected chi connectivity index (χ3v) is 4.63. The van der Waals surface area contributed by atoms with Crippen LogP contribution in [-0.2, 0) is 19.6 Å². The Balaban J connectivity index is 0.00000300. The molecule has 0 radical (unpaired) electrons. The van der Waals surface area contributed by atoms with Crippen LogP contribution in [-0.4, -0.2) is 13.7 Å². The maximum Gasteiger partial charge on any atom is 0.180 e. The smallest absolute Gasteiger partial charge is 0.180 e. The molecule has 3 rings (SSSR count). The number of nitrogens with one attached hydrogen (secondary N) is 1. The number of halogens is 3. The summed E-state index contributed by atoms with van der Waals surface area (Å²) >= 11 is 6.43. The number of hydrogen-bond donors (Lipinski definition) is 1. The van der Waals surface area contributed by atoms with E-state index in [1.54, 1.807) is 19.2 Å². The van der Waals surface area contributed by atoms with Gasteiger partial charge >= 0.3 is 0 Å². The van der Waals surface area contributed by atoms with E-state index in [-0.39, 0.29) is 18.2 Å². The zero-order chi connectivity index (χ0) is 19.8. The molecule has 1 N–H and O–H groups in total. The zero-order valence-corrected chi connectivity index (χ0v) is 17.7. The summed E-state index contributed by atoms with van der Waals surface area (Å²) in [5, 5.41) is 3.89. The highest BCUT2D eigenvalue weighted by atomic mass is 35.5. The van der Waals surface area contributed by atoms with Gasteiger partial charge in [-0.15, -0.1) is 12.4 Å². The Morgan fingerprint density at radius 2 is 1.66 bits per heavy atom. The molecule has 29 heavy (non-hydrogen) atoms. The van der Waals surface area contributed by atoms with E-state index in [2.05, 4.69) is 5.32 Å². The Labute approximate surface area is 182 Å². The average molecular weight is 436 g/mol. The molecule has 0 spiro atoms. The standard InChI is InChI=1S/C23H23ClFNO2.ClH/c1-27-22-14-19(15-26-12-11-17-7-9-20(25)10-8-17)13-21(24)23(22)28-16-18-5-3-2-4-6-18;/h2-10,13-14,26H,11-12,15-16H2,1H3;1H. The molecule has 154 valence electrons. The molecule has 3 aromatic rings. The van der Waals surface area contributed by atoms with Crippen LogP contribution in [0.2, 0.25) is 5.02 Å². The minimum atomic E-state index is -0.215. The van der Waals surface area contributed by atoms with Crippen molar-refractivity contribution in [3.63, 3.8) is 0 Å². The second-order valence-corrected chi connectivity index (χ2v) is 6.84. The van der Waals surface area contributed by atoms with Gasteiger partial charge in [0, 0.05) is 6.54 Å². The van der Waals surface area contributed by atoms with Gasteiger partial charge in [0.05, 0.1) is 12.1 Å². The number of methoxy groups -OCH3 is 1. The van der Waals surface area contributed by atoms with E-state index in [4.69, 9.17) is 21.1 Å². The van der Waals surface area contributed by atoms with Crippen molar-refractivity contribution in [2.75, 3.05) is 13.7 Å². The molecule has 0 fully saturated rings. The Bertz CT molecular complexity index is 889. The van der Waals surface area contributed by atoms with Gasteiger partial charge in [-0.3, -0.25) is 0 Å². The second-order valence-electron chi connectivity index (χ2n) is 6.44. The lowest BCUT2D eigenvalue weighted by Crippen LogP contribution is -2.16. The largest absolute Gasteiger partial charge is 0.493 e. The lowest BCUT2D eigenvalue weighted by Gasteiger charge is -2.15. The van der Waals surface area contributed by atoms with E-state index in [0.717, 1.165) is 29.7 Å². The Kier molecular flexibility index (Phi) is 9.26. The number of benzene rings is 3. The fourth-order valence-corrected chi connectivity index (χ4v) is 3.15. The molecule has 0 aliphatic carbocycles. The van der Waals surface area contributed by atoms with Crippen LogP contribution in [0.25, 0.3) is 0 Å². The fraction of sp³-hybridized carbons (Fsp3) is 0.217. The van der Waals surface area contributed by atoms with Crippen LogP contribution < -0.4 is 14.8 Å². The molecule has 6 heteroatoms. The van der Waals surface area contributed by atoms with E-state index in [0.29, 0.717) is 29.7 Å². The summed E-state index contributed by atoms with van der Waals surface area (Å²) in [7, 11) is 1.60. The van der Waals surface area contributed by atoms with Crippen molar-refractivity contribution in [1.82, 2.24) is 5.32 Å².